The minimum Gasteiger partial charge on any atom is -0.496 e. The fraction of sp³-hybridized carbons (Fsp3) is 0.227. The number of anilines is 1. The van der Waals surface area contributed by atoms with Gasteiger partial charge in [0.25, 0.3) is 5.69 Å². The second kappa shape index (κ2) is 8.89. The Morgan fingerprint density at radius 2 is 1.73 bits per heavy atom. The zero-order valence-corrected chi connectivity index (χ0v) is 16.8. The molecule has 0 spiro atoms. The summed E-state index contributed by atoms with van der Waals surface area (Å²) >= 11 is 0. The van der Waals surface area contributed by atoms with Gasteiger partial charge in [-0.15, -0.1) is 0 Å². The second-order valence-electron chi connectivity index (χ2n) is 6.53. The molecule has 2 unspecified atom stereocenters. The monoisotopic (exact) mass is 410 g/mol. The Morgan fingerprint density at radius 3 is 2.33 bits per heavy atom. The molecular formula is C22H22N2O6. The van der Waals surface area contributed by atoms with Gasteiger partial charge < -0.3 is 19.5 Å². The van der Waals surface area contributed by atoms with E-state index >= 15 is 0 Å². The highest BCUT2D eigenvalue weighted by Gasteiger charge is 2.47. The number of para-hydroxylation sites is 2. The minimum absolute atomic E-state index is 0.130. The van der Waals surface area contributed by atoms with E-state index in [1.54, 1.807) is 54.6 Å². The van der Waals surface area contributed by atoms with E-state index < -0.39 is 16.8 Å². The summed E-state index contributed by atoms with van der Waals surface area (Å²) in [4.78, 5) is 23.9. The van der Waals surface area contributed by atoms with Crippen molar-refractivity contribution in [2.45, 2.75) is 11.8 Å². The third-order valence-electron chi connectivity index (χ3n) is 4.90. The first kappa shape index (κ1) is 21.2. The molecule has 0 fully saturated rings. The summed E-state index contributed by atoms with van der Waals surface area (Å²) in [5, 5.41) is 14.5. The largest absolute Gasteiger partial charge is 0.496 e. The van der Waals surface area contributed by atoms with Gasteiger partial charge in [0.05, 0.1) is 12.0 Å². The summed E-state index contributed by atoms with van der Waals surface area (Å²) in [6, 6.07) is 15.0. The molecule has 0 radical (unpaired) electrons. The number of allylic oxidation sites excluding steroid dienone is 2. The lowest BCUT2D eigenvalue weighted by Gasteiger charge is -2.41. The molecule has 156 valence electrons. The molecule has 0 saturated heterocycles. The first-order valence-corrected chi connectivity index (χ1v) is 9.14. The molecule has 2 aromatic rings. The van der Waals surface area contributed by atoms with Crippen molar-refractivity contribution in [1.29, 1.82) is 0 Å². The number of hydrogen-bond acceptors (Lipinski definition) is 7. The number of ether oxygens (including phenoxy) is 3. The molecule has 0 bridgehead atoms. The van der Waals surface area contributed by atoms with Gasteiger partial charge >= 0.3 is 0 Å². The van der Waals surface area contributed by atoms with Crippen molar-refractivity contribution in [1.82, 2.24) is 0 Å². The summed E-state index contributed by atoms with van der Waals surface area (Å²) in [6.45, 7) is 0. The summed E-state index contributed by atoms with van der Waals surface area (Å²) in [5.41, 5.74) is -0.449. The second-order valence-corrected chi connectivity index (χ2v) is 6.53. The standard InChI is InChI=1S/C22H22N2O6/c1-28-19-13-16(21(25)15-9-5-4-6-10-15)14-20(29-2)22(19,30-3)23-17-11-7-8-12-18(17)24(26)27/h4-14,19,23H,1-3H3. The highest BCUT2D eigenvalue weighted by molar-refractivity contribution is 6.10. The number of nitro benzene ring substituents is 1. The van der Waals surface area contributed by atoms with Crippen LogP contribution in [0.2, 0.25) is 0 Å². The van der Waals surface area contributed by atoms with Gasteiger partial charge in [0, 0.05) is 31.4 Å². The zero-order valence-electron chi connectivity index (χ0n) is 16.8. The summed E-state index contributed by atoms with van der Waals surface area (Å²) in [5.74, 6) is 0.0411. The van der Waals surface area contributed by atoms with Crippen LogP contribution in [0, 0.1) is 10.1 Å². The van der Waals surface area contributed by atoms with Gasteiger partial charge in [0.2, 0.25) is 5.72 Å². The van der Waals surface area contributed by atoms with E-state index in [0.29, 0.717) is 11.1 Å². The van der Waals surface area contributed by atoms with Crippen LogP contribution in [0.25, 0.3) is 0 Å². The van der Waals surface area contributed by atoms with Crippen LogP contribution >= 0.6 is 0 Å². The molecule has 0 amide bonds. The highest BCUT2D eigenvalue weighted by Crippen LogP contribution is 2.38. The number of hydrogen-bond donors (Lipinski definition) is 1. The van der Waals surface area contributed by atoms with Crippen LogP contribution in [-0.4, -0.2) is 43.9 Å². The quantitative estimate of drug-likeness (QED) is 0.306. The number of methoxy groups -OCH3 is 3. The lowest BCUT2D eigenvalue weighted by atomic mass is 9.89. The Morgan fingerprint density at radius 1 is 1.07 bits per heavy atom. The molecule has 3 rings (SSSR count). The molecule has 8 heteroatoms. The molecule has 1 aliphatic rings. The maximum Gasteiger partial charge on any atom is 0.292 e. The Bertz CT molecular complexity index is 1000. The Balaban J connectivity index is 2.06. The van der Waals surface area contributed by atoms with Gasteiger partial charge in [-0.05, 0) is 18.2 Å². The lowest BCUT2D eigenvalue weighted by molar-refractivity contribution is -0.384. The fourth-order valence-corrected chi connectivity index (χ4v) is 3.40. The lowest BCUT2D eigenvalue weighted by Crippen LogP contribution is -2.54. The van der Waals surface area contributed by atoms with Crippen molar-refractivity contribution in [2.24, 2.45) is 0 Å². The first-order valence-electron chi connectivity index (χ1n) is 9.14. The molecule has 0 heterocycles. The van der Waals surface area contributed by atoms with Crippen molar-refractivity contribution >= 4 is 17.2 Å². The van der Waals surface area contributed by atoms with Gasteiger partial charge in [-0.25, -0.2) is 0 Å². The van der Waals surface area contributed by atoms with Crippen LogP contribution in [0.3, 0.4) is 0 Å². The van der Waals surface area contributed by atoms with Crippen LogP contribution in [0.5, 0.6) is 0 Å². The van der Waals surface area contributed by atoms with Gasteiger partial charge in [-0.1, -0.05) is 42.5 Å². The van der Waals surface area contributed by atoms with E-state index in [1.807, 2.05) is 6.07 Å². The predicted octanol–water partition coefficient (Wildman–Crippen LogP) is 3.72. The molecule has 0 aliphatic heterocycles. The molecule has 2 atom stereocenters. The molecule has 2 aromatic carbocycles. The van der Waals surface area contributed by atoms with E-state index in [1.165, 1.54) is 27.4 Å². The molecular weight excluding hydrogens is 388 g/mol. The molecule has 0 saturated carbocycles. The number of carbonyl (C=O) groups excluding carboxylic acids is 1. The molecule has 8 nitrogen and oxygen atoms in total. The van der Waals surface area contributed by atoms with Gasteiger partial charge in [-0.3, -0.25) is 14.9 Å². The zero-order chi connectivity index (χ0) is 21.7. The number of ketones is 1. The van der Waals surface area contributed by atoms with E-state index in [2.05, 4.69) is 5.32 Å². The molecule has 30 heavy (non-hydrogen) atoms. The van der Waals surface area contributed by atoms with Crippen molar-refractivity contribution in [3.63, 3.8) is 0 Å². The van der Waals surface area contributed by atoms with Crippen LogP contribution in [0.4, 0.5) is 11.4 Å². The minimum atomic E-state index is -1.42. The third-order valence-corrected chi connectivity index (χ3v) is 4.90. The van der Waals surface area contributed by atoms with Crippen molar-refractivity contribution in [3.8, 4) is 0 Å². The first-order chi connectivity index (χ1) is 14.5. The molecule has 0 aromatic heterocycles. The van der Waals surface area contributed by atoms with Crippen LogP contribution in [-0.2, 0) is 14.2 Å². The maximum atomic E-state index is 12.9. The van der Waals surface area contributed by atoms with E-state index in [4.69, 9.17) is 14.2 Å². The van der Waals surface area contributed by atoms with Crippen LogP contribution in [0.1, 0.15) is 10.4 Å². The van der Waals surface area contributed by atoms with Gasteiger partial charge in [-0.2, -0.15) is 0 Å². The Kier molecular flexibility index (Phi) is 6.29. The van der Waals surface area contributed by atoms with Gasteiger partial charge in [0.1, 0.15) is 11.8 Å². The van der Waals surface area contributed by atoms with Crippen LogP contribution in [0.15, 0.2) is 78.1 Å². The fourth-order valence-electron chi connectivity index (χ4n) is 3.40. The number of Topliss-reactive ketones (excluding diaryl/α,β-unsaturated/α-hetero) is 1. The average molecular weight is 410 g/mol. The molecule has 1 N–H and O–H groups in total. The van der Waals surface area contributed by atoms with Crippen molar-refractivity contribution < 1.29 is 23.9 Å². The SMILES string of the molecule is COC1=CC(C(=O)c2ccccc2)=CC(OC)C1(Nc1ccccc1[N+](=O)[O-])OC. The predicted molar refractivity (Wildman–Crippen MR) is 111 cm³/mol. The third kappa shape index (κ3) is 3.83. The maximum absolute atomic E-state index is 12.9. The highest BCUT2D eigenvalue weighted by atomic mass is 16.6. The summed E-state index contributed by atoms with van der Waals surface area (Å²) in [6.07, 6.45) is 2.35. The topological polar surface area (TPSA) is 99.9 Å². The summed E-state index contributed by atoms with van der Waals surface area (Å²) < 4.78 is 16.9. The number of benzene rings is 2. The smallest absolute Gasteiger partial charge is 0.292 e. The number of nitro groups is 1. The Hall–Kier alpha value is -3.49. The number of nitrogens with one attached hydrogen (secondary N) is 1. The van der Waals surface area contributed by atoms with E-state index in [0.717, 1.165) is 0 Å². The van der Waals surface area contributed by atoms with Crippen LogP contribution < -0.4 is 5.32 Å². The van der Waals surface area contributed by atoms with Gasteiger partial charge in [0.15, 0.2) is 11.5 Å². The van der Waals surface area contributed by atoms with Crippen molar-refractivity contribution in [2.75, 3.05) is 26.6 Å². The number of rotatable bonds is 8. The Labute approximate surface area is 173 Å². The van der Waals surface area contributed by atoms with E-state index in [-0.39, 0.29) is 22.9 Å². The normalized spacial score (nSPS) is 20.7. The summed E-state index contributed by atoms with van der Waals surface area (Å²) in [7, 11) is 4.32. The molecule has 1 aliphatic carbocycles. The number of carbonyl (C=O) groups is 1. The average Bonchev–Trinajstić information content (AvgIpc) is 2.79. The number of nitrogens with zero attached hydrogens (tertiary/aromatic N) is 1. The van der Waals surface area contributed by atoms with E-state index in [9.17, 15) is 14.9 Å². The van der Waals surface area contributed by atoms with Crippen molar-refractivity contribution in [3.05, 3.63) is 93.8 Å².